The molecular formula is C19H40N6O7. The lowest BCUT2D eigenvalue weighted by molar-refractivity contribution is -0.133. The van der Waals surface area contributed by atoms with E-state index in [1.807, 2.05) is 6.92 Å². The summed E-state index contributed by atoms with van der Waals surface area (Å²) in [6.45, 7) is 2.72. The first-order chi connectivity index (χ1) is 15.0. The lowest BCUT2D eigenvalue weighted by Crippen LogP contribution is -2.58. The predicted octanol–water partition coefficient (Wildman–Crippen LogP) is -4.07. The van der Waals surface area contributed by atoms with E-state index < -0.39 is 55.4 Å². The zero-order valence-electron chi connectivity index (χ0n) is 18.8. The van der Waals surface area contributed by atoms with Crippen LogP contribution in [-0.2, 0) is 14.4 Å². The molecule has 0 spiro atoms. The number of hydrogen-bond donors (Lipinski definition) is 10. The highest BCUT2D eigenvalue weighted by Gasteiger charge is 2.28. The molecule has 5 atom stereocenters. The van der Waals surface area contributed by atoms with Crippen LogP contribution in [0.25, 0.3) is 0 Å². The minimum atomic E-state index is -1.49. The molecule has 12 N–H and O–H groups in total. The van der Waals surface area contributed by atoms with Crippen LogP contribution in [0.2, 0.25) is 0 Å². The number of aliphatic hydroxyl groups is 4. The standard InChI is InChI=1S/C19H40N6O7/c1-3-12(6-7-16(28)29)23-18(31)14(5-4-8-22-11(2)20)24-19(32)15(10-27)25-17(30)13(21)9-26/h11-16,22,26-29H,3-10,20-21H2,1-2H3,(H,23,31)(H,24,32)(H,25,30). The molecule has 0 saturated carbocycles. The minimum Gasteiger partial charge on any atom is -0.394 e. The normalized spacial score (nSPS) is 16.0. The van der Waals surface area contributed by atoms with Crippen LogP contribution in [-0.4, -0.2) is 94.5 Å². The summed E-state index contributed by atoms with van der Waals surface area (Å²) in [4.78, 5) is 37.2. The maximum atomic E-state index is 12.8. The van der Waals surface area contributed by atoms with Gasteiger partial charge in [-0.3, -0.25) is 14.4 Å². The average molecular weight is 465 g/mol. The van der Waals surface area contributed by atoms with Crippen molar-refractivity contribution in [2.45, 2.75) is 82.6 Å². The highest BCUT2D eigenvalue weighted by atomic mass is 16.5. The molecule has 0 bridgehead atoms. The molecule has 0 aromatic carbocycles. The molecule has 0 aliphatic carbocycles. The second-order valence-corrected chi connectivity index (χ2v) is 7.65. The Hall–Kier alpha value is -1.87. The number of carbonyl (C=O) groups is 3. The van der Waals surface area contributed by atoms with Crippen LogP contribution >= 0.6 is 0 Å². The van der Waals surface area contributed by atoms with Crippen LogP contribution in [0, 0.1) is 0 Å². The van der Waals surface area contributed by atoms with E-state index in [-0.39, 0.29) is 25.0 Å². The monoisotopic (exact) mass is 464 g/mol. The average Bonchev–Trinajstić information content (AvgIpc) is 2.75. The third-order valence-corrected chi connectivity index (χ3v) is 4.73. The third-order valence-electron chi connectivity index (χ3n) is 4.73. The first kappa shape index (κ1) is 30.1. The topological polar surface area (TPSA) is 232 Å². The van der Waals surface area contributed by atoms with E-state index in [1.54, 1.807) is 6.92 Å². The number of carbonyl (C=O) groups excluding carboxylic acids is 3. The highest BCUT2D eigenvalue weighted by molar-refractivity contribution is 5.93. The SMILES string of the molecule is CCC(CCC(O)O)NC(=O)C(CCCNC(C)N)NC(=O)C(CO)NC(=O)C(N)CO. The molecule has 0 radical (unpaired) electrons. The molecule has 0 aromatic heterocycles. The zero-order chi connectivity index (χ0) is 24.7. The van der Waals surface area contributed by atoms with Crippen molar-refractivity contribution in [1.29, 1.82) is 0 Å². The van der Waals surface area contributed by atoms with E-state index >= 15 is 0 Å². The van der Waals surface area contributed by atoms with E-state index in [0.29, 0.717) is 25.8 Å². The van der Waals surface area contributed by atoms with Crippen LogP contribution in [0.4, 0.5) is 0 Å². The molecular weight excluding hydrogens is 424 g/mol. The predicted molar refractivity (Wildman–Crippen MR) is 117 cm³/mol. The summed E-state index contributed by atoms with van der Waals surface area (Å²) in [5.41, 5.74) is 11.0. The molecule has 0 rings (SSSR count). The number of hydrogen-bond acceptors (Lipinski definition) is 10. The summed E-state index contributed by atoms with van der Waals surface area (Å²) in [6, 6.07) is -3.92. The Morgan fingerprint density at radius 1 is 0.844 bits per heavy atom. The fourth-order valence-corrected chi connectivity index (χ4v) is 2.76. The molecule has 0 aromatic rings. The fraction of sp³-hybridized carbons (Fsp3) is 0.842. The van der Waals surface area contributed by atoms with Gasteiger partial charge in [-0.2, -0.15) is 0 Å². The number of rotatable bonds is 17. The van der Waals surface area contributed by atoms with Gasteiger partial charge in [-0.15, -0.1) is 0 Å². The lowest BCUT2D eigenvalue weighted by atomic mass is 10.1. The van der Waals surface area contributed by atoms with E-state index in [4.69, 9.17) is 26.8 Å². The second-order valence-electron chi connectivity index (χ2n) is 7.65. The molecule has 0 saturated heterocycles. The van der Waals surface area contributed by atoms with E-state index in [9.17, 15) is 19.5 Å². The Morgan fingerprint density at radius 3 is 1.94 bits per heavy atom. The summed E-state index contributed by atoms with van der Waals surface area (Å²) >= 11 is 0. The molecule has 32 heavy (non-hydrogen) atoms. The summed E-state index contributed by atoms with van der Waals surface area (Å²) in [6.07, 6.45) is -0.0226. The first-order valence-corrected chi connectivity index (χ1v) is 10.8. The van der Waals surface area contributed by atoms with Gasteiger partial charge in [-0.05, 0) is 45.6 Å². The van der Waals surface area contributed by atoms with Gasteiger partial charge in [-0.25, -0.2) is 0 Å². The zero-order valence-corrected chi connectivity index (χ0v) is 18.8. The highest BCUT2D eigenvalue weighted by Crippen LogP contribution is 2.06. The Bertz CT molecular complexity index is 564. The van der Waals surface area contributed by atoms with Crippen molar-refractivity contribution in [3.8, 4) is 0 Å². The van der Waals surface area contributed by atoms with Gasteiger partial charge in [0.15, 0.2) is 6.29 Å². The van der Waals surface area contributed by atoms with Crippen LogP contribution in [0.1, 0.15) is 46.0 Å². The van der Waals surface area contributed by atoms with Crippen molar-refractivity contribution in [3.63, 3.8) is 0 Å². The molecule has 188 valence electrons. The molecule has 5 unspecified atom stereocenters. The summed E-state index contributed by atoms with van der Waals surface area (Å²) in [7, 11) is 0. The Labute approximate surface area is 188 Å². The second kappa shape index (κ2) is 16.7. The molecule has 13 heteroatoms. The van der Waals surface area contributed by atoms with Gasteiger partial charge in [0.25, 0.3) is 0 Å². The number of nitrogens with two attached hydrogens (primary N) is 2. The Kier molecular flexibility index (Phi) is 15.7. The molecule has 0 fully saturated rings. The van der Waals surface area contributed by atoms with E-state index in [0.717, 1.165) is 0 Å². The van der Waals surface area contributed by atoms with Crippen molar-refractivity contribution in [1.82, 2.24) is 21.3 Å². The molecule has 3 amide bonds. The van der Waals surface area contributed by atoms with Crippen molar-refractivity contribution in [3.05, 3.63) is 0 Å². The fourth-order valence-electron chi connectivity index (χ4n) is 2.76. The van der Waals surface area contributed by atoms with Crippen molar-refractivity contribution in [2.75, 3.05) is 19.8 Å². The van der Waals surface area contributed by atoms with Crippen molar-refractivity contribution >= 4 is 17.7 Å². The van der Waals surface area contributed by atoms with Crippen LogP contribution < -0.4 is 32.7 Å². The van der Waals surface area contributed by atoms with Gasteiger partial charge >= 0.3 is 0 Å². The maximum absolute atomic E-state index is 12.8. The third kappa shape index (κ3) is 12.9. The van der Waals surface area contributed by atoms with E-state index in [2.05, 4.69) is 21.3 Å². The van der Waals surface area contributed by atoms with E-state index in [1.165, 1.54) is 0 Å². The Balaban J connectivity index is 5.17. The van der Waals surface area contributed by atoms with Crippen LogP contribution in [0.5, 0.6) is 0 Å². The number of aliphatic hydroxyl groups excluding tert-OH is 3. The Morgan fingerprint density at radius 2 is 1.44 bits per heavy atom. The number of amides is 3. The van der Waals surface area contributed by atoms with Gasteiger partial charge in [0.1, 0.15) is 18.1 Å². The minimum absolute atomic E-state index is 0.0812. The largest absolute Gasteiger partial charge is 0.394 e. The lowest BCUT2D eigenvalue weighted by Gasteiger charge is -2.25. The van der Waals surface area contributed by atoms with Gasteiger partial charge in [0.2, 0.25) is 17.7 Å². The molecule has 0 aliphatic heterocycles. The van der Waals surface area contributed by atoms with Gasteiger partial charge in [0, 0.05) is 6.04 Å². The molecule has 0 heterocycles. The van der Waals surface area contributed by atoms with Crippen LogP contribution in [0.3, 0.4) is 0 Å². The maximum Gasteiger partial charge on any atom is 0.245 e. The summed E-state index contributed by atoms with van der Waals surface area (Å²) in [5, 5.41) is 47.1. The smallest absolute Gasteiger partial charge is 0.245 e. The van der Waals surface area contributed by atoms with Crippen molar-refractivity contribution in [2.24, 2.45) is 11.5 Å². The van der Waals surface area contributed by atoms with Crippen LogP contribution in [0.15, 0.2) is 0 Å². The summed E-state index contributed by atoms with van der Waals surface area (Å²) < 4.78 is 0. The summed E-state index contributed by atoms with van der Waals surface area (Å²) in [5.74, 6) is -2.09. The van der Waals surface area contributed by atoms with Crippen molar-refractivity contribution < 1.29 is 34.8 Å². The van der Waals surface area contributed by atoms with Gasteiger partial charge < -0.3 is 53.2 Å². The first-order valence-electron chi connectivity index (χ1n) is 10.8. The molecule has 0 aliphatic rings. The molecule has 13 nitrogen and oxygen atoms in total. The van der Waals surface area contributed by atoms with Gasteiger partial charge in [0.05, 0.1) is 19.4 Å². The number of nitrogens with one attached hydrogen (secondary N) is 4. The quantitative estimate of drug-likeness (QED) is 0.0738. The van der Waals surface area contributed by atoms with Gasteiger partial charge in [-0.1, -0.05) is 6.92 Å².